The van der Waals surface area contributed by atoms with Crippen molar-refractivity contribution in [1.29, 1.82) is 0 Å². The summed E-state index contributed by atoms with van der Waals surface area (Å²) in [6.45, 7) is 3.37. The molecule has 9 nitrogen and oxygen atoms in total. The van der Waals surface area contributed by atoms with Gasteiger partial charge in [-0.15, -0.1) is 0 Å². The summed E-state index contributed by atoms with van der Waals surface area (Å²) < 4.78 is 5.24. The predicted octanol–water partition coefficient (Wildman–Crippen LogP) is -0.461. The van der Waals surface area contributed by atoms with Gasteiger partial charge in [0.15, 0.2) is 0 Å². The molecular formula is C15H21N3O6. The van der Waals surface area contributed by atoms with Crippen molar-refractivity contribution < 1.29 is 29.3 Å². The normalized spacial score (nSPS) is 13.6. The van der Waals surface area contributed by atoms with E-state index in [-0.39, 0.29) is 5.91 Å². The summed E-state index contributed by atoms with van der Waals surface area (Å²) in [5.41, 5.74) is 7.76. The molecule has 0 atom stereocenters. The van der Waals surface area contributed by atoms with Crippen molar-refractivity contribution in [3.8, 4) is 0 Å². The Labute approximate surface area is 139 Å². The molecule has 0 aliphatic carbocycles. The van der Waals surface area contributed by atoms with Gasteiger partial charge in [-0.25, -0.2) is 9.59 Å². The first-order chi connectivity index (χ1) is 11.5. The molecule has 132 valence electrons. The van der Waals surface area contributed by atoms with Gasteiger partial charge in [-0.3, -0.25) is 15.6 Å². The number of carbonyl (C=O) groups is 3. The molecule has 1 aliphatic heterocycles. The quantitative estimate of drug-likeness (QED) is 0.428. The molecule has 24 heavy (non-hydrogen) atoms. The highest BCUT2D eigenvalue weighted by atomic mass is 16.5. The van der Waals surface area contributed by atoms with Crippen molar-refractivity contribution in [3.05, 3.63) is 35.4 Å². The number of nitrogens with zero attached hydrogens (tertiary/aromatic N) is 1. The van der Waals surface area contributed by atoms with Gasteiger partial charge in [-0.2, -0.15) is 0 Å². The fraction of sp³-hybridized carbons (Fsp3) is 0.400. The van der Waals surface area contributed by atoms with Crippen molar-refractivity contribution in [2.45, 2.75) is 6.54 Å². The summed E-state index contributed by atoms with van der Waals surface area (Å²) in [5.74, 6) is -3.56. The van der Waals surface area contributed by atoms with E-state index in [1.54, 1.807) is 0 Å². The highest BCUT2D eigenvalue weighted by Crippen LogP contribution is 2.09. The van der Waals surface area contributed by atoms with Crippen molar-refractivity contribution in [2.24, 2.45) is 0 Å². The van der Waals surface area contributed by atoms with Crippen LogP contribution in [0.1, 0.15) is 15.9 Å². The summed E-state index contributed by atoms with van der Waals surface area (Å²) in [5, 5.41) is 14.8. The number of ether oxygens (including phenoxy) is 1. The molecule has 0 saturated carbocycles. The van der Waals surface area contributed by atoms with Gasteiger partial charge in [0.25, 0.3) is 5.91 Å². The highest BCUT2D eigenvalue weighted by Gasteiger charge is 2.18. The fourth-order valence-electron chi connectivity index (χ4n) is 1.90. The standard InChI is InChI=1S/C13H19N3O2.C2H2O4/c1-14-15-10-11-2-4-12(5-3-11)13(17)16-6-8-18-9-7-16;3-1(4)2(5)6/h2-5,14-15H,6-10H2,1H3;(H,3,4)(H,5,6). The maximum atomic E-state index is 12.2. The Hall–Kier alpha value is -2.49. The van der Waals surface area contributed by atoms with E-state index in [2.05, 4.69) is 10.9 Å². The molecule has 1 fully saturated rings. The second-order valence-electron chi connectivity index (χ2n) is 4.82. The maximum absolute atomic E-state index is 12.2. The number of carboxylic acids is 2. The lowest BCUT2D eigenvalue weighted by Crippen LogP contribution is -2.40. The average Bonchev–Trinajstić information content (AvgIpc) is 2.61. The van der Waals surface area contributed by atoms with E-state index in [9.17, 15) is 4.79 Å². The Balaban J connectivity index is 0.000000413. The first-order valence-corrected chi connectivity index (χ1v) is 7.27. The van der Waals surface area contributed by atoms with Crippen LogP contribution < -0.4 is 10.9 Å². The van der Waals surface area contributed by atoms with E-state index in [1.807, 2.05) is 36.2 Å². The zero-order chi connectivity index (χ0) is 17.9. The largest absolute Gasteiger partial charge is 0.473 e. The molecule has 1 amide bonds. The van der Waals surface area contributed by atoms with E-state index in [4.69, 9.17) is 24.5 Å². The maximum Gasteiger partial charge on any atom is 0.414 e. The van der Waals surface area contributed by atoms with Gasteiger partial charge in [0.2, 0.25) is 0 Å². The number of carbonyl (C=O) groups excluding carboxylic acids is 1. The van der Waals surface area contributed by atoms with Gasteiger partial charge in [0.05, 0.1) is 13.2 Å². The smallest absolute Gasteiger partial charge is 0.414 e. The molecule has 1 aromatic carbocycles. The highest BCUT2D eigenvalue weighted by molar-refractivity contribution is 6.27. The number of hydrogen-bond donors (Lipinski definition) is 4. The van der Waals surface area contributed by atoms with Crippen molar-refractivity contribution >= 4 is 17.8 Å². The number of benzene rings is 1. The summed E-state index contributed by atoms with van der Waals surface area (Å²) in [4.78, 5) is 32.2. The Morgan fingerprint density at radius 3 is 2.08 bits per heavy atom. The third kappa shape index (κ3) is 6.73. The molecular weight excluding hydrogens is 318 g/mol. The van der Waals surface area contributed by atoms with Crippen LogP contribution in [0.15, 0.2) is 24.3 Å². The molecule has 0 aromatic heterocycles. The number of rotatable bonds is 4. The minimum Gasteiger partial charge on any atom is -0.473 e. The number of hydrogen-bond acceptors (Lipinski definition) is 6. The number of carboxylic acid groups (broad SMARTS) is 2. The van der Waals surface area contributed by atoms with E-state index in [1.165, 1.54) is 0 Å². The summed E-state index contributed by atoms with van der Waals surface area (Å²) >= 11 is 0. The Bertz CT molecular complexity index is 543. The van der Waals surface area contributed by atoms with E-state index in [0.29, 0.717) is 26.3 Å². The summed E-state index contributed by atoms with van der Waals surface area (Å²) in [6, 6.07) is 7.70. The van der Waals surface area contributed by atoms with Crippen molar-refractivity contribution in [3.63, 3.8) is 0 Å². The minimum atomic E-state index is -1.82. The molecule has 1 saturated heterocycles. The second-order valence-corrected chi connectivity index (χ2v) is 4.82. The molecule has 9 heteroatoms. The molecule has 1 aliphatic rings. The van der Waals surface area contributed by atoms with Gasteiger partial charge < -0.3 is 19.8 Å². The number of aliphatic carboxylic acids is 2. The van der Waals surface area contributed by atoms with Crippen LogP contribution in [0.2, 0.25) is 0 Å². The second kappa shape index (κ2) is 10.3. The lowest BCUT2D eigenvalue weighted by atomic mass is 10.1. The Morgan fingerprint density at radius 2 is 1.62 bits per heavy atom. The van der Waals surface area contributed by atoms with Gasteiger partial charge in [0, 0.05) is 25.2 Å². The van der Waals surface area contributed by atoms with Crippen molar-refractivity contribution in [2.75, 3.05) is 33.4 Å². The van der Waals surface area contributed by atoms with Crippen LogP contribution in [0.5, 0.6) is 0 Å². The van der Waals surface area contributed by atoms with Gasteiger partial charge in [-0.1, -0.05) is 12.1 Å². The SMILES string of the molecule is CNNCc1ccc(C(=O)N2CCOCC2)cc1.O=C(O)C(=O)O. The van der Waals surface area contributed by atoms with Gasteiger partial charge in [0.1, 0.15) is 0 Å². The minimum absolute atomic E-state index is 0.0893. The Kier molecular flexibility index (Phi) is 8.41. The van der Waals surface area contributed by atoms with Gasteiger partial charge in [-0.05, 0) is 24.7 Å². The van der Waals surface area contributed by atoms with Crippen LogP contribution in [0, 0.1) is 0 Å². The number of hydrazine groups is 1. The first kappa shape index (κ1) is 19.6. The van der Waals surface area contributed by atoms with Crippen LogP contribution >= 0.6 is 0 Å². The molecule has 0 unspecified atom stereocenters. The predicted molar refractivity (Wildman–Crippen MR) is 84.3 cm³/mol. The van der Waals surface area contributed by atoms with E-state index < -0.39 is 11.9 Å². The number of nitrogens with one attached hydrogen (secondary N) is 2. The van der Waals surface area contributed by atoms with Gasteiger partial charge >= 0.3 is 11.9 Å². The lowest BCUT2D eigenvalue weighted by molar-refractivity contribution is -0.159. The molecule has 0 radical (unpaired) electrons. The molecule has 4 N–H and O–H groups in total. The van der Waals surface area contributed by atoms with Crippen LogP contribution in [0.4, 0.5) is 0 Å². The molecule has 1 aromatic rings. The van der Waals surface area contributed by atoms with E-state index in [0.717, 1.165) is 17.7 Å². The summed E-state index contributed by atoms with van der Waals surface area (Å²) in [6.07, 6.45) is 0. The lowest BCUT2D eigenvalue weighted by Gasteiger charge is -2.26. The van der Waals surface area contributed by atoms with Crippen LogP contribution in [-0.4, -0.2) is 66.3 Å². The fourth-order valence-corrected chi connectivity index (χ4v) is 1.90. The van der Waals surface area contributed by atoms with Crippen LogP contribution in [0.25, 0.3) is 0 Å². The molecule has 0 bridgehead atoms. The number of amides is 1. The van der Waals surface area contributed by atoms with Crippen LogP contribution in [0.3, 0.4) is 0 Å². The third-order valence-corrected chi connectivity index (χ3v) is 3.15. The topological polar surface area (TPSA) is 128 Å². The molecule has 0 spiro atoms. The van der Waals surface area contributed by atoms with E-state index >= 15 is 0 Å². The first-order valence-electron chi connectivity index (χ1n) is 7.27. The molecule has 2 rings (SSSR count). The zero-order valence-corrected chi connectivity index (χ0v) is 13.3. The monoisotopic (exact) mass is 339 g/mol. The zero-order valence-electron chi connectivity index (χ0n) is 13.3. The third-order valence-electron chi connectivity index (χ3n) is 3.15. The van der Waals surface area contributed by atoms with Crippen LogP contribution in [-0.2, 0) is 20.9 Å². The summed E-state index contributed by atoms with van der Waals surface area (Å²) in [7, 11) is 1.83. The van der Waals surface area contributed by atoms with Crippen molar-refractivity contribution in [1.82, 2.24) is 15.8 Å². The number of morpholine rings is 1. The Morgan fingerprint density at radius 1 is 1.08 bits per heavy atom. The average molecular weight is 339 g/mol. The molecule has 1 heterocycles.